The lowest BCUT2D eigenvalue weighted by Crippen LogP contribution is -2.19. The second-order valence-corrected chi connectivity index (χ2v) is 3.07. The number of carbonyl (C=O) groups is 1. The highest BCUT2D eigenvalue weighted by atomic mass is 16.2. The topological polar surface area (TPSA) is 66.9 Å². The van der Waals surface area contributed by atoms with E-state index < -0.39 is 0 Å². The van der Waals surface area contributed by atoms with Gasteiger partial charge in [0.2, 0.25) is 0 Å². The molecular weight excluding hydrogens is 204 g/mol. The first-order valence-electron chi connectivity index (χ1n) is 4.72. The Morgan fingerprint density at radius 1 is 0.938 bits per heavy atom. The Bertz CT molecular complexity index is 414. The van der Waals surface area contributed by atoms with Crippen LogP contribution in [0.25, 0.3) is 0 Å². The normalized spacial score (nSPS) is 9.50. The van der Waals surface area contributed by atoms with Gasteiger partial charge in [-0.1, -0.05) is 18.2 Å². The van der Waals surface area contributed by atoms with Gasteiger partial charge in [-0.15, -0.1) is 0 Å². The SMILES string of the molecule is O=C(Nc1ccccc1)Nc1cncnc1. The molecule has 0 atom stereocenters. The van der Waals surface area contributed by atoms with Gasteiger partial charge < -0.3 is 10.6 Å². The quantitative estimate of drug-likeness (QED) is 0.804. The van der Waals surface area contributed by atoms with E-state index in [9.17, 15) is 4.79 Å². The van der Waals surface area contributed by atoms with Gasteiger partial charge in [-0.05, 0) is 12.1 Å². The maximum absolute atomic E-state index is 11.5. The Hall–Kier alpha value is -2.43. The first kappa shape index (κ1) is 10.1. The van der Waals surface area contributed by atoms with Crippen LogP contribution < -0.4 is 10.6 Å². The number of rotatable bonds is 2. The highest BCUT2D eigenvalue weighted by Gasteiger charge is 2.01. The summed E-state index contributed by atoms with van der Waals surface area (Å²) in [7, 11) is 0. The molecule has 0 aliphatic rings. The highest BCUT2D eigenvalue weighted by Crippen LogP contribution is 2.06. The van der Waals surface area contributed by atoms with Crippen molar-refractivity contribution in [2.24, 2.45) is 0 Å². The largest absolute Gasteiger partial charge is 0.323 e. The molecule has 5 heteroatoms. The van der Waals surface area contributed by atoms with Crippen molar-refractivity contribution in [3.63, 3.8) is 0 Å². The van der Waals surface area contributed by atoms with Crippen LogP contribution in [0.5, 0.6) is 0 Å². The minimum Gasteiger partial charge on any atom is -0.308 e. The number of hydrogen-bond acceptors (Lipinski definition) is 3. The maximum atomic E-state index is 11.5. The van der Waals surface area contributed by atoms with Gasteiger partial charge >= 0.3 is 6.03 Å². The van der Waals surface area contributed by atoms with Crippen molar-refractivity contribution < 1.29 is 4.79 Å². The lowest BCUT2D eigenvalue weighted by atomic mass is 10.3. The van der Waals surface area contributed by atoms with Crippen molar-refractivity contribution in [3.05, 3.63) is 49.1 Å². The Morgan fingerprint density at radius 3 is 2.25 bits per heavy atom. The lowest BCUT2D eigenvalue weighted by molar-refractivity contribution is 0.262. The van der Waals surface area contributed by atoms with E-state index >= 15 is 0 Å². The van der Waals surface area contributed by atoms with Crippen LogP contribution in [0.4, 0.5) is 16.2 Å². The number of amides is 2. The number of para-hydroxylation sites is 1. The molecule has 2 rings (SSSR count). The standard InChI is InChI=1S/C11H10N4O/c16-11(14-9-4-2-1-3-5-9)15-10-6-12-8-13-7-10/h1-8H,(H2,14,15,16). The van der Waals surface area contributed by atoms with Crippen molar-refractivity contribution in [2.45, 2.75) is 0 Å². The van der Waals surface area contributed by atoms with Crippen LogP contribution in [0.15, 0.2) is 49.1 Å². The summed E-state index contributed by atoms with van der Waals surface area (Å²) in [6, 6.07) is 8.87. The van der Waals surface area contributed by atoms with Crippen molar-refractivity contribution in [1.29, 1.82) is 0 Å². The number of nitrogens with zero attached hydrogens (tertiary/aromatic N) is 2. The van der Waals surface area contributed by atoms with Crippen molar-refractivity contribution in [2.75, 3.05) is 10.6 Å². The molecule has 1 aromatic carbocycles. The molecule has 0 spiro atoms. The van der Waals surface area contributed by atoms with E-state index in [1.165, 1.54) is 18.7 Å². The second-order valence-electron chi connectivity index (χ2n) is 3.07. The molecule has 0 fully saturated rings. The van der Waals surface area contributed by atoms with Crippen LogP contribution in [-0.2, 0) is 0 Å². The Morgan fingerprint density at radius 2 is 1.56 bits per heavy atom. The first-order chi connectivity index (χ1) is 7.84. The third kappa shape index (κ3) is 2.78. The zero-order valence-corrected chi connectivity index (χ0v) is 8.42. The van der Waals surface area contributed by atoms with E-state index in [-0.39, 0.29) is 6.03 Å². The lowest BCUT2D eigenvalue weighted by Gasteiger charge is -2.06. The summed E-state index contributed by atoms with van der Waals surface area (Å²) < 4.78 is 0. The van der Waals surface area contributed by atoms with E-state index in [0.29, 0.717) is 5.69 Å². The third-order valence-electron chi connectivity index (χ3n) is 1.85. The summed E-state index contributed by atoms with van der Waals surface area (Å²) in [5.41, 5.74) is 1.28. The minimum absolute atomic E-state index is 0.319. The first-order valence-corrected chi connectivity index (χ1v) is 4.72. The summed E-state index contributed by atoms with van der Waals surface area (Å²) in [4.78, 5) is 19.1. The van der Waals surface area contributed by atoms with Crippen LogP contribution in [0.3, 0.4) is 0 Å². The van der Waals surface area contributed by atoms with E-state index in [1.807, 2.05) is 18.2 Å². The fourth-order valence-electron chi connectivity index (χ4n) is 1.18. The Kier molecular flexibility index (Phi) is 3.08. The molecule has 80 valence electrons. The summed E-state index contributed by atoms with van der Waals surface area (Å²) in [5.74, 6) is 0. The Balaban J connectivity index is 1.95. The Labute approximate surface area is 92.6 Å². The molecule has 0 aliphatic carbocycles. The molecule has 0 saturated carbocycles. The predicted octanol–water partition coefficient (Wildman–Crippen LogP) is 2.12. The zero-order valence-electron chi connectivity index (χ0n) is 8.42. The molecule has 0 bridgehead atoms. The summed E-state index contributed by atoms with van der Waals surface area (Å²) in [5, 5.41) is 5.30. The van der Waals surface area contributed by atoms with Crippen LogP contribution in [-0.4, -0.2) is 16.0 Å². The van der Waals surface area contributed by atoms with E-state index in [0.717, 1.165) is 5.69 Å². The van der Waals surface area contributed by atoms with Crippen molar-refractivity contribution in [3.8, 4) is 0 Å². The van der Waals surface area contributed by atoms with Gasteiger partial charge in [0.05, 0.1) is 18.1 Å². The van der Waals surface area contributed by atoms with Gasteiger partial charge in [-0.3, -0.25) is 0 Å². The molecule has 5 nitrogen and oxygen atoms in total. The monoisotopic (exact) mass is 214 g/mol. The molecule has 1 heterocycles. The van der Waals surface area contributed by atoms with Crippen LogP contribution in [0.1, 0.15) is 0 Å². The maximum Gasteiger partial charge on any atom is 0.323 e. The minimum atomic E-state index is -0.319. The number of hydrogen-bond donors (Lipinski definition) is 2. The van der Waals surface area contributed by atoms with Crippen LogP contribution in [0.2, 0.25) is 0 Å². The van der Waals surface area contributed by atoms with Gasteiger partial charge in [-0.25, -0.2) is 14.8 Å². The second kappa shape index (κ2) is 4.88. The fourth-order valence-corrected chi connectivity index (χ4v) is 1.18. The number of benzene rings is 1. The van der Waals surface area contributed by atoms with E-state index in [1.54, 1.807) is 12.1 Å². The average molecular weight is 214 g/mol. The summed E-state index contributed by atoms with van der Waals surface area (Å²) >= 11 is 0. The van der Waals surface area contributed by atoms with Crippen LogP contribution in [0, 0.1) is 0 Å². The highest BCUT2D eigenvalue weighted by molar-refractivity contribution is 5.99. The fraction of sp³-hybridized carbons (Fsp3) is 0. The predicted molar refractivity (Wildman–Crippen MR) is 61.1 cm³/mol. The smallest absolute Gasteiger partial charge is 0.308 e. The number of nitrogens with one attached hydrogen (secondary N) is 2. The molecule has 0 aliphatic heterocycles. The summed E-state index contributed by atoms with van der Waals surface area (Å²) in [6.07, 6.45) is 4.45. The number of urea groups is 1. The average Bonchev–Trinajstić information content (AvgIpc) is 2.31. The van der Waals surface area contributed by atoms with Gasteiger partial charge in [0, 0.05) is 5.69 Å². The number of aromatic nitrogens is 2. The molecular formula is C11H10N4O. The van der Waals surface area contributed by atoms with Crippen molar-refractivity contribution in [1.82, 2.24) is 9.97 Å². The molecule has 0 unspecified atom stereocenters. The van der Waals surface area contributed by atoms with Gasteiger partial charge in [0.15, 0.2) is 0 Å². The number of anilines is 2. The van der Waals surface area contributed by atoms with Crippen LogP contribution >= 0.6 is 0 Å². The van der Waals surface area contributed by atoms with Gasteiger partial charge in [0.25, 0.3) is 0 Å². The molecule has 2 N–H and O–H groups in total. The molecule has 1 aromatic heterocycles. The zero-order chi connectivity index (χ0) is 11.2. The van der Waals surface area contributed by atoms with Crippen molar-refractivity contribution >= 4 is 17.4 Å². The molecule has 2 amide bonds. The molecule has 0 radical (unpaired) electrons. The number of carbonyl (C=O) groups excluding carboxylic acids is 1. The molecule has 0 saturated heterocycles. The summed E-state index contributed by atoms with van der Waals surface area (Å²) in [6.45, 7) is 0. The van der Waals surface area contributed by atoms with E-state index in [4.69, 9.17) is 0 Å². The molecule has 16 heavy (non-hydrogen) atoms. The van der Waals surface area contributed by atoms with Gasteiger partial charge in [0.1, 0.15) is 6.33 Å². The third-order valence-corrected chi connectivity index (χ3v) is 1.85. The van der Waals surface area contributed by atoms with Gasteiger partial charge in [-0.2, -0.15) is 0 Å². The molecule has 2 aromatic rings. The van der Waals surface area contributed by atoms with E-state index in [2.05, 4.69) is 20.6 Å².